The predicted molar refractivity (Wildman–Crippen MR) is 78.9 cm³/mol. The summed E-state index contributed by atoms with van der Waals surface area (Å²) in [5.74, 6) is -0.752. The van der Waals surface area contributed by atoms with Crippen LogP contribution in [0.3, 0.4) is 0 Å². The zero-order valence-corrected chi connectivity index (χ0v) is 13.3. The number of rotatable bonds is 5. The predicted octanol–water partition coefficient (Wildman–Crippen LogP) is 1.17. The van der Waals surface area contributed by atoms with Gasteiger partial charge < -0.3 is 10.5 Å². The van der Waals surface area contributed by atoms with Gasteiger partial charge in [0.15, 0.2) is 0 Å². The molecule has 0 spiro atoms. The van der Waals surface area contributed by atoms with Crippen LogP contribution < -0.4 is 10.5 Å². The highest BCUT2D eigenvalue weighted by molar-refractivity contribution is 7.89. The molecule has 114 valence electrons. The Hall–Kier alpha value is -0.860. The highest BCUT2D eigenvalue weighted by atomic mass is 35.5. The number of benzene rings is 1. The third kappa shape index (κ3) is 4.60. The van der Waals surface area contributed by atoms with Crippen molar-refractivity contribution in [1.82, 2.24) is 4.72 Å². The summed E-state index contributed by atoms with van der Waals surface area (Å²) in [5.41, 5.74) is 5.29. The molecule has 1 aromatic rings. The van der Waals surface area contributed by atoms with E-state index in [1.165, 1.54) is 25.3 Å². The third-order valence-electron chi connectivity index (χ3n) is 2.35. The van der Waals surface area contributed by atoms with Gasteiger partial charge in [-0.15, -0.1) is 12.4 Å². The summed E-state index contributed by atoms with van der Waals surface area (Å²) in [5, 5.41) is 0.202. The molecule has 0 aliphatic heterocycles. The minimum absolute atomic E-state index is 0. The number of nitrogens with two attached hydrogens (primary N) is 1. The Labute approximate surface area is 129 Å². The van der Waals surface area contributed by atoms with Crippen molar-refractivity contribution >= 4 is 40.0 Å². The summed E-state index contributed by atoms with van der Waals surface area (Å²) in [6, 6.07) is 3.45. The van der Waals surface area contributed by atoms with Crippen molar-refractivity contribution in [3.05, 3.63) is 28.8 Å². The Morgan fingerprint density at radius 1 is 1.50 bits per heavy atom. The zero-order valence-electron chi connectivity index (χ0n) is 10.9. The fourth-order valence-electron chi connectivity index (χ4n) is 1.37. The van der Waals surface area contributed by atoms with Crippen LogP contribution in [-0.2, 0) is 14.8 Å². The average molecular weight is 343 g/mol. The SMILES string of the molecule is COC(=O)c1ccc(Cl)cc1S(=O)(=O)N[C@@H](C)CN.Cl. The van der Waals surface area contributed by atoms with Gasteiger partial charge in [0, 0.05) is 17.6 Å². The van der Waals surface area contributed by atoms with E-state index in [0.717, 1.165) is 0 Å². The standard InChI is InChI=1S/C11H15ClN2O4S.ClH/c1-7(6-13)14-19(16,17)10-5-8(12)3-4-9(10)11(15)18-2;/h3-5,7,14H,6,13H2,1-2H3;1H/t7-;/m0./s1. The van der Waals surface area contributed by atoms with Crippen LogP contribution in [0.1, 0.15) is 17.3 Å². The zero-order chi connectivity index (χ0) is 14.6. The lowest BCUT2D eigenvalue weighted by Crippen LogP contribution is -2.38. The Morgan fingerprint density at radius 2 is 2.10 bits per heavy atom. The van der Waals surface area contributed by atoms with Gasteiger partial charge >= 0.3 is 5.97 Å². The van der Waals surface area contributed by atoms with E-state index in [2.05, 4.69) is 9.46 Å². The van der Waals surface area contributed by atoms with Crippen molar-refractivity contribution < 1.29 is 17.9 Å². The lowest BCUT2D eigenvalue weighted by atomic mass is 10.2. The van der Waals surface area contributed by atoms with E-state index in [1.54, 1.807) is 6.92 Å². The molecule has 9 heteroatoms. The summed E-state index contributed by atoms with van der Waals surface area (Å²) < 4.78 is 31.2. The number of sulfonamides is 1. The molecule has 1 atom stereocenters. The van der Waals surface area contributed by atoms with Crippen LogP contribution in [-0.4, -0.2) is 34.1 Å². The van der Waals surface area contributed by atoms with Gasteiger partial charge in [0.1, 0.15) is 0 Å². The molecule has 3 N–H and O–H groups in total. The number of esters is 1. The van der Waals surface area contributed by atoms with Crippen LogP contribution in [0.15, 0.2) is 23.1 Å². The van der Waals surface area contributed by atoms with Gasteiger partial charge in [-0.25, -0.2) is 17.9 Å². The van der Waals surface area contributed by atoms with Gasteiger partial charge in [0.25, 0.3) is 0 Å². The van der Waals surface area contributed by atoms with Crippen molar-refractivity contribution in [3.63, 3.8) is 0 Å². The molecule has 1 aromatic carbocycles. The molecule has 0 radical (unpaired) electrons. The fourth-order valence-corrected chi connectivity index (χ4v) is 3.09. The number of carbonyl (C=O) groups is 1. The van der Waals surface area contributed by atoms with Crippen molar-refractivity contribution in [2.45, 2.75) is 17.9 Å². The normalized spacial score (nSPS) is 12.4. The maximum atomic E-state index is 12.2. The molecular weight excluding hydrogens is 327 g/mol. The highest BCUT2D eigenvalue weighted by Crippen LogP contribution is 2.21. The Bertz CT molecular complexity index is 578. The molecule has 0 amide bonds. The second-order valence-corrected chi connectivity index (χ2v) is 6.01. The van der Waals surface area contributed by atoms with E-state index >= 15 is 0 Å². The van der Waals surface area contributed by atoms with E-state index in [4.69, 9.17) is 17.3 Å². The number of hydrogen-bond donors (Lipinski definition) is 2. The van der Waals surface area contributed by atoms with E-state index in [1.807, 2.05) is 0 Å². The van der Waals surface area contributed by atoms with Crippen molar-refractivity contribution in [2.75, 3.05) is 13.7 Å². The average Bonchev–Trinajstić information content (AvgIpc) is 2.37. The fraction of sp³-hybridized carbons (Fsp3) is 0.364. The lowest BCUT2D eigenvalue weighted by Gasteiger charge is -2.14. The van der Waals surface area contributed by atoms with Gasteiger partial charge in [-0.3, -0.25) is 0 Å². The summed E-state index contributed by atoms with van der Waals surface area (Å²) in [6.45, 7) is 1.74. The number of nitrogens with one attached hydrogen (secondary N) is 1. The first-order valence-corrected chi connectivity index (χ1v) is 7.28. The maximum absolute atomic E-state index is 12.2. The van der Waals surface area contributed by atoms with Crippen molar-refractivity contribution in [3.8, 4) is 0 Å². The van der Waals surface area contributed by atoms with E-state index in [-0.39, 0.29) is 34.4 Å². The topological polar surface area (TPSA) is 98.5 Å². The van der Waals surface area contributed by atoms with Crippen LogP contribution in [0, 0.1) is 0 Å². The quantitative estimate of drug-likeness (QED) is 0.782. The second-order valence-electron chi connectivity index (χ2n) is 3.89. The lowest BCUT2D eigenvalue weighted by molar-refractivity contribution is 0.0596. The molecule has 0 bridgehead atoms. The number of carbonyl (C=O) groups excluding carboxylic acids is 1. The van der Waals surface area contributed by atoms with Gasteiger partial charge in [-0.1, -0.05) is 11.6 Å². The number of halogens is 2. The summed E-state index contributed by atoms with van der Waals surface area (Å²) in [4.78, 5) is 11.3. The third-order valence-corrected chi connectivity index (χ3v) is 4.21. The van der Waals surface area contributed by atoms with Gasteiger partial charge in [0.2, 0.25) is 10.0 Å². The molecule has 0 aromatic heterocycles. The minimum atomic E-state index is -3.90. The van der Waals surface area contributed by atoms with Crippen LogP contribution in [0.25, 0.3) is 0 Å². The molecule has 0 heterocycles. The summed E-state index contributed by atoms with van der Waals surface area (Å²) >= 11 is 5.77. The van der Waals surface area contributed by atoms with Gasteiger partial charge in [-0.05, 0) is 25.1 Å². The molecular formula is C11H16Cl2N2O4S. The van der Waals surface area contributed by atoms with Gasteiger partial charge in [0.05, 0.1) is 17.6 Å². The molecule has 20 heavy (non-hydrogen) atoms. The molecule has 0 aliphatic carbocycles. The highest BCUT2D eigenvalue weighted by Gasteiger charge is 2.24. The molecule has 0 saturated carbocycles. The first kappa shape index (κ1) is 19.1. The number of hydrogen-bond acceptors (Lipinski definition) is 5. The van der Waals surface area contributed by atoms with E-state index < -0.39 is 22.0 Å². The van der Waals surface area contributed by atoms with Crippen molar-refractivity contribution in [1.29, 1.82) is 0 Å². The minimum Gasteiger partial charge on any atom is -0.465 e. The van der Waals surface area contributed by atoms with Gasteiger partial charge in [-0.2, -0.15) is 0 Å². The molecule has 0 fully saturated rings. The number of ether oxygens (including phenoxy) is 1. The summed E-state index contributed by atoms with van der Waals surface area (Å²) in [7, 11) is -2.73. The first-order valence-electron chi connectivity index (χ1n) is 5.42. The largest absolute Gasteiger partial charge is 0.465 e. The monoisotopic (exact) mass is 342 g/mol. The second kappa shape index (κ2) is 7.80. The van der Waals surface area contributed by atoms with Crippen LogP contribution in [0.4, 0.5) is 0 Å². The van der Waals surface area contributed by atoms with Crippen LogP contribution >= 0.6 is 24.0 Å². The molecule has 0 saturated heterocycles. The Morgan fingerprint density at radius 3 is 2.60 bits per heavy atom. The molecule has 0 aliphatic rings. The Kier molecular flexibility index (Phi) is 7.46. The smallest absolute Gasteiger partial charge is 0.339 e. The summed E-state index contributed by atoms with van der Waals surface area (Å²) in [6.07, 6.45) is 0. The number of methoxy groups -OCH3 is 1. The van der Waals surface area contributed by atoms with E-state index in [0.29, 0.717) is 0 Å². The van der Waals surface area contributed by atoms with Crippen molar-refractivity contribution in [2.24, 2.45) is 5.73 Å². The van der Waals surface area contributed by atoms with E-state index in [9.17, 15) is 13.2 Å². The Balaban J connectivity index is 0.00000361. The van der Waals surface area contributed by atoms with Crippen LogP contribution in [0.2, 0.25) is 5.02 Å². The molecule has 1 rings (SSSR count). The molecule has 6 nitrogen and oxygen atoms in total. The van der Waals surface area contributed by atoms with Crippen LogP contribution in [0.5, 0.6) is 0 Å². The molecule has 0 unspecified atom stereocenters. The first-order chi connectivity index (χ1) is 8.81. The maximum Gasteiger partial charge on any atom is 0.339 e.